The number of aryl methyl sites for hydroxylation is 1. The molecule has 0 aliphatic heterocycles. The van der Waals surface area contributed by atoms with E-state index in [4.69, 9.17) is 9.16 Å². The van der Waals surface area contributed by atoms with Crippen LogP contribution in [0.4, 0.5) is 4.79 Å². The third-order valence-corrected chi connectivity index (χ3v) is 12.9. The number of imidazole rings is 1. The van der Waals surface area contributed by atoms with Crippen LogP contribution in [0, 0.1) is 0 Å². The second-order valence-corrected chi connectivity index (χ2v) is 18.0. The van der Waals surface area contributed by atoms with Crippen LogP contribution in [0.1, 0.15) is 71.1 Å². The van der Waals surface area contributed by atoms with Gasteiger partial charge in [0.25, 0.3) is 8.32 Å². The van der Waals surface area contributed by atoms with E-state index in [9.17, 15) is 9.59 Å². The molecule has 4 aromatic rings. The molecule has 0 bridgehead atoms. The normalized spacial score (nSPS) is 12.9. The lowest BCUT2D eigenvalue weighted by Crippen LogP contribution is -2.66. The maximum Gasteiger partial charge on any atom is 0.407 e. The van der Waals surface area contributed by atoms with Gasteiger partial charge in [-0.05, 0) is 54.6 Å². The van der Waals surface area contributed by atoms with Crippen molar-refractivity contribution in [3.8, 4) is 11.3 Å². The van der Waals surface area contributed by atoms with Gasteiger partial charge in [0.2, 0.25) is 0 Å². The molecule has 1 atom stereocenters. The number of carbonyl (C=O) groups excluding carboxylic acids is 2. The van der Waals surface area contributed by atoms with Crippen LogP contribution in [0.25, 0.3) is 11.3 Å². The lowest BCUT2D eigenvalue weighted by atomic mass is 10.0. The van der Waals surface area contributed by atoms with Crippen LogP contribution in [-0.2, 0) is 22.6 Å². The molecule has 0 unspecified atom stereocenters. The highest BCUT2D eigenvalue weighted by atomic mass is 28.4. The molecule has 8 heteroatoms. The van der Waals surface area contributed by atoms with Crippen molar-refractivity contribution in [3.05, 3.63) is 103 Å². The largest absolute Gasteiger partial charge is 0.444 e. The molecule has 0 aliphatic rings. The van der Waals surface area contributed by atoms with E-state index in [1.165, 1.54) is 17.3 Å². The number of ketones is 1. The number of rotatable bonds is 11. The molecule has 1 aromatic heterocycles. The minimum Gasteiger partial charge on any atom is -0.444 e. The number of nitrogens with one attached hydrogen (secondary N) is 1. The summed E-state index contributed by atoms with van der Waals surface area (Å²) in [5, 5.41) is 5.41. The molecule has 1 amide bonds. The molecule has 0 spiro atoms. The fourth-order valence-electron chi connectivity index (χ4n) is 5.84. The second kappa shape index (κ2) is 14.0. The summed E-state index contributed by atoms with van der Waals surface area (Å²) in [4.78, 5) is 29.3. The fraction of sp³-hybridized carbons (Fsp3) is 0.378. The van der Waals surface area contributed by atoms with Gasteiger partial charge < -0.3 is 19.0 Å². The Morgan fingerprint density at radius 3 is 1.89 bits per heavy atom. The summed E-state index contributed by atoms with van der Waals surface area (Å²) in [5.74, 6) is 0.355. The van der Waals surface area contributed by atoms with Crippen LogP contribution in [0.5, 0.6) is 0 Å². The van der Waals surface area contributed by atoms with Gasteiger partial charge in [0.05, 0.1) is 5.69 Å². The Balaban J connectivity index is 1.58. The molecule has 238 valence electrons. The molecule has 4 rings (SSSR count). The zero-order chi connectivity index (χ0) is 32.8. The molecular weight excluding hydrogens is 579 g/mol. The molecule has 1 heterocycles. The van der Waals surface area contributed by atoms with Crippen LogP contribution >= 0.6 is 0 Å². The van der Waals surface area contributed by atoms with E-state index in [1.54, 1.807) is 4.57 Å². The fourth-order valence-corrected chi connectivity index (χ4v) is 10.4. The molecule has 45 heavy (non-hydrogen) atoms. The maximum atomic E-state index is 12.9. The van der Waals surface area contributed by atoms with E-state index >= 15 is 0 Å². The van der Waals surface area contributed by atoms with Gasteiger partial charge in [-0.2, -0.15) is 0 Å². The maximum absolute atomic E-state index is 12.9. The Bertz CT molecular complexity index is 1530. The number of Topliss-reactive ketones (excluding diaryl/α,β-unsaturated/α-hetero) is 1. The lowest BCUT2D eigenvalue weighted by molar-refractivity contribution is 0.0497. The zero-order valence-corrected chi connectivity index (χ0v) is 28.9. The molecule has 3 aromatic carbocycles. The van der Waals surface area contributed by atoms with Crippen molar-refractivity contribution in [3.63, 3.8) is 0 Å². The standard InChI is InChI=1S/C37H47N3O4Si/c1-27(41)34-39-33(26-40(34)8)29-21-19-28(20-22-29)25-30(38-35(42)44-36(2,3)4)23-24-43-45(37(5,6)7,31-15-11-9-12-16-31)32-17-13-10-14-18-32/h9-22,26,30H,23-25H2,1-8H3,(H,38,42)/t30-/m0/s1. The Morgan fingerprint density at radius 2 is 1.42 bits per heavy atom. The number of hydrogen-bond acceptors (Lipinski definition) is 5. The van der Waals surface area contributed by atoms with Gasteiger partial charge in [-0.15, -0.1) is 0 Å². The summed E-state index contributed by atoms with van der Waals surface area (Å²) in [5.41, 5.74) is 2.13. The summed E-state index contributed by atoms with van der Waals surface area (Å²) in [6.45, 7) is 14.4. The number of alkyl carbamates (subject to hydrolysis) is 1. The minimum atomic E-state index is -2.72. The smallest absolute Gasteiger partial charge is 0.407 e. The first-order chi connectivity index (χ1) is 21.2. The van der Waals surface area contributed by atoms with Crippen molar-refractivity contribution in [2.75, 3.05) is 6.61 Å². The highest BCUT2D eigenvalue weighted by Gasteiger charge is 2.50. The molecule has 7 nitrogen and oxygen atoms in total. The molecular formula is C37H47N3O4Si. The Labute approximate surface area is 269 Å². The van der Waals surface area contributed by atoms with Gasteiger partial charge in [-0.25, -0.2) is 9.78 Å². The van der Waals surface area contributed by atoms with Crippen molar-refractivity contribution < 1.29 is 18.8 Å². The van der Waals surface area contributed by atoms with Crippen molar-refractivity contribution in [1.82, 2.24) is 14.9 Å². The lowest BCUT2D eigenvalue weighted by Gasteiger charge is -2.43. The van der Waals surface area contributed by atoms with Gasteiger partial charge in [-0.3, -0.25) is 4.79 Å². The number of aromatic nitrogens is 2. The number of amides is 1. The molecule has 0 saturated heterocycles. The highest BCUT2D eigenvalue weighted by molar-refractivity contribution is 6.99. The summed E-state index contributed by atoms with van der Waals surface area (Å²) in [6, 6.07) is 29.0. The molecule has 0 saturated carbocycles. The molecule has 0 fully saturated rings. The van der Waals surface area contributed by atoms with Crippen LogP contribution < -0.4 is 15.7 Å². The molecule has 0 radical (unpaired) electrons. The van der Waals surface area contributed by atoms with Crippen molar-refractivity contribution in [2.45, 2.75) is 78.0 Å². The summed E-state index contributed by atoms with van der Waals surface area (Å²) < 4.78 is 14.5. The highest BCUT2D eigenvalue weighted by Crippen LogP contribution is 2.37. The Hall–Kier alpha value is -4.01. The topological polar surface area (TPSA) is 82.4 Å². The summed E-state index contributed by atoms with van der Waals surface area (Å²) in [7, 11) is -0.896. The van der Waals surface area contributed by atoms with E-state index in [1.807, 2.05) is 70.4 Å². The quantitative estimate of drug-likeness (QED) is 0.148. The SMILES string of the molecule is CC(=O)c1nc(-c2ccc(C[C@H](CCO[Si](c3ccccc3)(c3ccccc3)C(C)(C)C)NC(=O)OC(C)(C)C)cc2)cn1C. The average molecular weight is 626 g/mol. The zero-order valence-electron chi connectivity index (χ0n) is 27.9. The van der Waals surface area contributed by atoms with Crippen LogP contribution in [0.2, 0.25) is 5.04 Å². The monoisotopic (exact) mass is 625 g/mol. The molecule has 1 N–H and O–H groups in total. The third-order valence-electron chi connectivity index (χ3n) is 7.85. The number of hydrogen-bond donors (Lipinski definition) is 1. The van der Waals surface area contributed by atoms with Crippen LogP contribution in [-0.4, -0.2) is 48.0 Å². The first kappa shape index (κ1) is 33.9. The third kappa shape index (κ3) is 8.38. The number of benzene rings is 3. The van der Waals surface area contributed by atoms with Gasteiger partial charge in [0.15, 0.2) is 11.6 Å². The number of carbonyl (C=O) groups is 2. The van der Waals surface area contributed by atoms with Gasteiger partial charge >= 0.3 is 6.09 Å². The van der Waals surface area contributed by atoms with Gasteiger partial charge in [-0.1, -0.05) is 106 Å². The van der Waals surface area contributed by atoms with E-state index < -0.39 is 20.0 Å². The van der Waals surface area contributed by atoms with E-state index in [-0.39, 0.29) is 16.9 Å². The van der Waals surface area contributed by atoms with E-state index in [2.05, 4.69) is 79.6 Å². The van der Waals surface area contributed by atoms with E-state index in [0.717, 1.165) is 16.8 Å². The second-order valence-electron chi connectivity index (χ2n) is 13.7. The Kier molecular flexibility index (Phi) is 10.5. The number of nitrogens with zero attached hydrogens (tertiary/aromatic N) is 2. The average Bonchev–Trinajstić information content (AvgIpc) is 3.37. The van der Waals surface area contributed by atoms with Gasteiger partial charge in [0.1, 0.15) is 5.60 Å². The first-order valence-corrected chi connectivity index (χ1v) is 17.5. The Morgan fingerprint density at radius 1 is 0.867 bits per heavy atom. The molecule has 0 aliphatic carbocycles. The van der Waals surface area contributed by atoms with Crippen LogP contribution in [0.15, 0.2) is 91.1 Å². The summed E-state index contributed by atoms with van der Waals surface area (Å²) in [6.07, 6.45) is 2.62. The minimum absolute atomic E-state index is 0.0725. The first-order valence-electron chi connectivity index (χ1n) is 15.6. The predicted molar refractivity (Wildman–Crippen MR) is 184 cm³/mol. The number of ether oxygens (including phenoxy) is 1. The van der Waals surface area contributed by atoms with Crippen molar-refractivity contribution >= 4 is 30.6 Å². The predicted octanol–water partition coefficient (Wildman–Crippen LogP) is 6.69. The van der Waals surface area contributed by atoms with Crippen molar-refractivity contribution in [1.29, 1.82) is 0 Å². The van der Waals surface area contributed by atoms with Crippen molar-refractivity contribution in [2.24, 2.45) is 7.05 Å². The van der Waals surface area contributed by atoms with Gasteiger partial charge in [0, 0.05) is 38.4 Å². The van der Waals surface area contributed by atoms with E-state index in [0.29, 0.717) is 25.3 Å². The van der Waals surface area contributed by atoms with Crippen LogP contribution in [0.3, 0.4) is 0 Å². The summed E-state index contributed by atoms with van der Waals surface area (Å²) >= 11 is 0.